The standard InChI is InChI=1S/C17H15ClFN5O/c18-13-8-12(19)3-4-14(13)22-16-9-15(11-2-1-5-20-10-11)23-17(24-16)21-6-7-25/h1-5,8-10,25H,6-7H2,(H2,21,22,23,24). The average molecular weight is 360 g/mol. The number of benzene rings is 1. The van der Waals surface area contributed by atoms with Gasteiger partial charge in [-0.15, -0.1) is 0 Å². The van der Waals surface area contributed by atoms with Gasteiger partial charge >= 0.3 is 0 Å². The molecule has 6 nitrogen and oxygen atoms in total. The van der Waals surface area contributed by atoms with Gasteiger partial charge in [-0.3, -0.25) is 4.98 Å². The third kappa shape index (κ3) is 4.40. The second-order valence-corrected chi connectivity index (χ2v) is 5.51. The van der Waals surface area contributed by atoms with E-state index in [4.69, 9.17) is 16.7 Å². The van der Waals surface area contributed by atoms with Gasteiger partial charge in [-0.2, -0.15) is 4.98 Å². The van der Waals surface area contributed by atoms with Crippen molar-refractivity contribution in [2.24, 2.45) is 0 Å². The molecule has 2 heterocycles. The molecule has 3 rings (SSSR count). The summed E-state index contributed by atoms with van der Waals surface area (Å²) in [5, 5.41) is 15.2. The first-order valence-corrected chi connectivity index (χ1v) is 7.90. The minimum Gasteiger partial charge on any atom is -0.395 e. The number of hydrogen-bond donors (Lipinski definition) is 3. The second kappa shape index (κ2) is 7.87. The van der Waals surface area contributed by atoms with Crippen molar-refractivity contribution in [1.82, 2.24) is 15.0 Å². The van der Waals surface area contributed by atoms with Gasteiger partial charge in [0, 0.05) is 30.6 Å². The largest absolute Gasteiger partial charge is 0.395 e. The highest BCUT2D eigenvalue weighted by Crippen LogP contribution is 2.27. The molecule has 0 aliphatic carbocycles. The van der Waals surface area contributed by atoms with Gasteiger partial charge in [-0.25, -0.2) is 9.37 Å². The lowest BCUT2D eigenvalue weighted by molar-refractivity contribution is 0.311. The highest BCUT2D eigenvalue weighted by Gasteiger charge is 2.09. The number of aliphatic hydroxyl groups excluding tert-OH is 1. The quantitative estimate of drug-likeness (QED) is 0.625. The molecule has 25 heavy (non-hydrogen) atoms. The Labute approximate surface area is 148 Å². The van der Waals surface area contributed by atoms with Crippen molar-refractivity contribution >= 4 is 29.1 Å². The predicted molar refractivity (Wildman–Crippen MR) is 95.5 cm³/mol. The maximum Gasteiger partial charge on any atom is 0.225 e. The number of rotatable bonds is 6. The summed E-state index contributed by atoms with van der Waals surface area (Å²) in [4.78, 5) is 12.8. The maximum atomic E-state index is 13.2. The lowest BCUT2D eigenvalue weighted by Crippen LogP contribution is -2.10. The van der Waals surface area contributed by atoms with Crippen LogP contribution in [-0.2, 0) is 0 Å². The topological polar surface area (TPSA) is 83.0 Å². The summed E-state index contributed by atoms with van der Waals surface area (Å²) in [6, 6.07) is 9.48. The molecule has 0 saturated heterocycles. The van der Waals surface area contributed by atoms with Gasteiger partial charge in [0.1, 0.15) is 11.6 Å². The smallest absolute Gasteiger partial charge is 0.225 e. The van der Waals surface area contributed by atoms with E-state index < -0.39 is 5.82 Å². The van der Waals surface area contributed by atoms with Crippen molar-refractivity contribution in [3.63, 3.8) is 0 Å². The van der Waals surface area contributed by atoms with Crippen molar-refractivity contribution in [2.45, 2.75) is 0 Å². The molecule has 0 saturated carbocycles. The fourth-order valence-electron chi connectivity index (χ4n) is 2.15. The molecule has 0 spiro atoms. The molecular formula is C17H15ClFN5O. The molecular weight excluding hydrogens is 345 g/mol. The molecule has 0 aliphatic rings. The molecule has 3 aromatic rings. The zero-order valence-corrected chi connectivity index (χ0v) is 13.8. The van der Waals surface area contributed by atoms with Crippen LogP contribution in [0.4, 0.5) is 21.8 Å². The molecule has 0 radical (unpaired) electrons. The Morgan fingerprint density at radius 1 is 1.16 bits per heavy atom. The van der Waals surface area contributed by atoms with E-state index >= 15 is 0 Å². The zero-order valence-electron chi connectivity index (χ0n) is 13.1. The third-order valence-corrected chi connectivity index (χ3v) is 3.58. The van der Waals surface area contributed by atoms with Crippen molar-refractivity contribution in [1.29, 1.82) is 0 Å². The number of nitrogens with zero attached hydrogens (tertiary/aromatic N) is 3. The zero-order chi connectivity index (χ0) is 17.6. The number of halogens is 2. The van der Waals surface area contributed by atoms with E-state index in [0.717, 1.165) is 5.56 Å². The number of aromatic nitrogens is 3. The Hall–Kier alpha value is -2.77. The number of nitrogens with one attached hydrogen (secondary N) is 2. The summed E-state index contributed by atoms with van der Waals surface area (Å²) < 4.78 is 13.2. The van der Waals surface area contributed by atoms with Crippen LogP contribution in [0.3, 0.4) is 0 Å². The predicted octanol–water partition coefficient (Wildman–Crippen LogP) is 3.48. The third-order valence-electron chi connectivity index (χ3n) is 3.27. The summed E-state index contributed by atoms with van der Waals surface area (Å²) in [6.07, 6.45) is 3.36. The van der Waals surface area contributed by atoms with Gasteiger partial charge in [0.2, 0.25) is 5.95 Å². The van der Waals surface area contributed by atoms with Crippen LogP contribution in [0.15, 0.2) is 48.8 Å². The average Bonchev–Trinajstić information content (AvgIpc) is 2.63. The number of aliphatic hydroxyl groups is 1. The minimum atomic E-state index is -0.417. The molecule has 0 unspecified atom stereocenters. The van der Waals surface area contributed by atoms with Crippen molar-refractivity contribution in [3.05, 3.63) is 59.6 Å². The van der Waals surface area contributed by atoms with E-state index in [-0.39, 0.29) is 11.6 Å². The van der Waals surface area contributed by atoms with Gasteiger partial charge in [-0.05, 0) is 30.3 Å². The van der Waals surface area contributed by atoms with E-state index in [2.05, 4.69) is 25.6 Å². The first-order chi connectivity index (χ1) is 12.2. The molecule has 128 valence electrons. The molecule has 1 aromatic carbocycles. The fourth-order valence-corrected chi connectivity index (χ4v) is 2.36. The molecule has 8 heteroatoms. The number of pyridine rings is 1. The van der Waals surface area contributed by atoms with E-state index in [0.29, 0.717) is 29.7 Å². The van der Waals surface area contributed by atoms with E-state index in [1.54, 1.807) is 18.5 Å². The molecule has 0 atom stereocenters. The normalized spacial score (nSPS) is 10.5. The van der Waals surface area contributed by atoms with Gasteiger partial charge in [0.05, 0.1) is 23.0 Å². The van der Waals surface area contributed by atoms with E-state index in [1.807, 2.05) is 12.1 Å². The van der Waals surface area contributed by atoms with Crippen molar-refractivity contribution in [2.75, 3.05) is 23.8 Å². The molecule has 2 aromatic heterocycles. The Bertz CT molecular complexity index is 863. The highest BCUT2D eigenvalue weighted by molar-refractivity contribution is 6.33. The van der Waals surface area contributed by atoms with Crippen LogP contribution in [0, 0.1) is 5.82 Å². The SMILES string of the molecule is OCCNc1nc(Nc2ccc(F)cc2Cl)cc(-c2cccnc2)n1. The minimum absolute atomic E-state index is 0.0486. The van der Waals surface area contributed by atoms with Crippen LogP contribution >= 0.6 is 11.6 Å². The number of hydrogen-bond acceptors (Lipinski definition) is 6. The van der Waals surface area contributed by atoms with Crippen LogP contribution < -0.4 is 10.6 Å². The fraction of sp³-hybridized carbons (Fsp3) is 0.118. The highest BCUT2D eigenvalue weighted by atomic mass is 35.5. The van der Waals surface area contributed by atoms with Crippen molar-refractivity contribution < 1.29 is 9.50 Å². The Balaban J connectivity index is 1.96. The molecule has 3 N–H and O–H groups in total. The molecule has 0 aliphatic heterocycles. The van der Waals surface area contributed by atoms with Crippen LogP contribution in [0.5, 0.6) is 0 Å². The Morgan fingerprint density at radius 3 is 2.76 bits per heavy atom. The van der Waals surface area contributed by atoms with Crippen LogP contribution in [0.1, 0.15) is 0 Å². The van der Waals surface area contributed by atoms with Gasteiger partial charge in [-0.1, -0.05) is 11.6 Å². The molecule has 0 fully saturated rings. The molecule has 0 amide bonds. The number of anilines is 3. The van der Waals surface area contributed by atoms with Gasteiger partial charge < -0.3 is 15.7 Å². The van der Waals surface area contributed by atoms with Gasteiger partial charge in [0.15, 0.2) is 0 Å². The first-order valence-electron chi connectivity index (χ1n) is 7.52. The summed E-state index contributed by atoms with van der Waals surface area (Å²) in [5.41, 5.74) is 1.97. The van der Waals surface area contributed by atoms with Crippen LogP contribution in [0.25, 0.3) is 11.3 Å². The second-order valence-electron chi connectivity index (χ2n) is 5.10. The van der Waals surface area contributed by atoms with Gasteiger partial charge in [0.25, 0.3) is 0 Å². The van der Waals surface area contributed by atoms with Crippen LogP contribution in [0.2, 0.25) is 5.02 Å². The monoisotopic (exact) mass is 359 g/mol. The van der Waals surface area contributed by atoms with E-state index in [9.17, 15) is 4.39 Å². The first kappa shape index (κ1) is 17.1. The summed E-state index contributed by atoms with van der Waals surface area (Å²) in [7, 11) is 0. The lowest BCUT2D eigenvalue weighted by Gasteiger charge is -2.12. The summed E-state index contributed by atoms with van der Waals surface area (Å²) in [6.45, 7) is 0.264. The summed E-state index contributed by atoms with van der Waals surface area (Å²) >= 11 is 6.06. The van der Waals surface area contributed by atoms with Crippen molar-refractivity contribution in [3.8, 4) is 11.3 Å². The van der Waals surface area contributed by atoms with Crippen LogP contribution in [-0.4, -0.2) is 33.2 Å². The molecule has 0 bridgehead atoms. The Morgan fingerprint density at radius 2 is 2.04 bits per heavy atom. The lowest BCUT2D eigenvalue weighted by atomic mass is 10.2. The Kier molecular flexibility index (Phi) is 5.37. The van der Waals surface area contributed by atoms with E-state index in [1.165, 1.54) is 18.2 Å². The maximum absolute atomic E-state index is 13.2. The summed E-state index contributed by atoms with van der Waals surface area (Å²) in [5.74, 6) is 0.401.